The van der Waals surface area contributed by atoms with Gasteiger partial charge in [0.15, 0.2) is 0 Å². The van der Waals surface area contributed by atoms with Gasteiger partial charge in [0.25, 0.3) is 0 Å². The number of rotatable bonds is 3. The van der Waals surface area contributed by atoms with Crippen LogP contribution in [0.4, 0.5) is 5.82 Å². The highest BCUT2D eigenvalue weighted by molar-refractivity contribution is 5.29. The summed E-state index contributed by atoms with van der Waals surface area (Å²) >= 11 is 0. The van der Waals surface area contributed by atoms with Crippen molar-refractivity contribution in [2.75, 3.05) is 5.73 Å². The van der Waals surface area contributed by atoms with Gasteiger partial charge in [0.05, 0.1) is 11.2 Å². The molecule has 0 aromatic carbocycles. The van der Waals surface area contributed by atoms with Gasteiger partial charge in [0.2, 0.25) is 0 Å². The third-order valence-corrected chi connectivity index (χ3v) is 9.14. The SMILES string of the molecule is CC1(C)OC2(C3CC(Cc4ccc(N)nc4)CC4(CCCC4)C3)CCC1C(N)C2. The molecule has 5 aliphatic rings. The Hall–Kier alpha value is -1.13. The Labute approximate surface area is 176 Å². The summed E-state index contributed by atoms with van der Waals surface area (Å²) in [6.07, 6.45) is 16.3. The number of nitrogens with two attached hydrogens (primary N) is 2. The second-order valence-electron chi connectivity index (χ2n) is 11.5. The molecule has 2 saturated heterocycles. The Kier molecular flexibility index (Phi) is 4.75. The van der Waals surface area contributed by atoms with Gasteiger partial charge < -0.3 is 16.2 Å². The molecule has 4 heteroatoms. The second kappa shape index (κ2) is 6.95. The average Bonchev–Trinajstić information content (AvgIpc) is 3.09. The van der Waals surface area contributed by atoms with Gasteiger partial charge in [-0.05, 0) is 101 Å². The van der Waals surface area contributed by atoms with Gasteiger partial charge in [0, 0.05) is 18.2 Å². The van der Waals surface area contributed by atoms with Gasteiger partial charge >= 0.3 is 0 Å². The van der Waals surface area contributed by atoms with Crippen molar-refractivity contribution in [3.63, 3.8) is 0 Å². The number of pyridine rings is 1. The van der Waals surface area contributed by atoms with Crippen molar-refractivity contribution < 1.29 is 4.74 Å². The molecule has 3 saturated carbocycles. The summed E-state index contributed by atoms with van der Waals surface area (Å²) in [5.74, 6) is 2.50. The Bertz CT molecular complexity index is 739. The van der Waals surface area contributed by atoms with Crippen LogP contribution in [-0.4, -0.2) is 22.2 Å². The first-order chi connectivity index (χ1) is 13.8. The van der Waals surface area contributed by atoms with Crippen LogP contribution >= 0.6 is 0 Å². The van der Waals surface area contributed by atoms with Crippen LogP contribution in [0, 0.1) is 23.2 Å². The maximum Gasteiger partial charge on any atom is 0.123 e. The maximum atomic E-state index is 6.98. The van der Waals surface area contributed by atoms with Gasteiger partial charge in [-0.25, -0.2) is 4.98 Å². The van der Waals surface area contributed by atoms with E-state index < -0.39 is 0 Å². The first kappa shape index (κ1) is 19.8. The highest BCUT2D eigenvalue weighted by atomic mass is 16.5. The fourth-order valence-electron chi connectivity index (χ4n) is 8.03. The quantitative estimate of drug-likeness (QED) is 0.764. The summed E-state index contributed by atoms with van der Waals surface area (Å²) in [7, 11) is 0. The topological polar surface area (TPSA) is 74.2 Å². The van der Waals surface area contributed by atoms with Gasteiger partial charge in [-0.3, -0.25) is 0 Å². The molecule has 160 valence electrons. The first-order valence-electron chi connectivity index (χ1n) is 12.0. The molecule has 5 unspecified atom stereocenters. The molecule has 0 amide bonds. The summed E-state index contributed by atoms with van der Waals surface area (Å²) < 4.78 is 6.98. The van der Waals surface area contributed by atoms with Crippen LogP contribution in [-0.2, 0) is 11.2 Å². The molecule has 4 N–H and O–H groups in total. The molecule has 1 aromatic heterocycles. The van der Waals surface area contributed by atoms with Crippen molar-refractivity contribution in [1.82, 2.24) is 4.98 Å². The molecule has 6 rings (SSSR count). The van der Waals surface area contributed by atoms with Crippen molar-refractivity contribution in [3.8, 4) is 0 Å². The van der Waals surface area contributed by atoms with E-state index in [-0.39, 0.29) is 11.2 Å². The van der Waals surface area contributed by atoms with Gasteiger partial charge in [0.1, 0.15) is 5.82 Å². The van der Waals surface area contributed by atoms with E-state index in [1.165, 1.54) is 63.4 Å². The third kappa shape index (κ3) is 3.50. The fourth-order valence-corrected chi connectivity index (χ4v) is 8.03. The molecular formula is C25H39N3O. The molecule has 4 nitrogen and oxygen atoms in total. The van der Waals surface area contributed by atoms with Gasteiger partial charge in [-0.2, -0.15) is 0 Å². The highest BCUT2D eigenvalue weighted by Gasteiger charge is 2.59. The lowest BCUT2D eigenvalue weighted by Gasteiger charge is -2.62. The number of ether oxygens (including phenoxy) is 1. The molecule has 2 aliphatic heterocycles. The predicted octanol–water partition coefficient (Wildman–Crippen LogP) is 4.86. The van der Waals surface area contributed by atoms with Crippen LogP contribution in [0.1, 0.15) is 83.6 Å². The molecule has 0 radical (unpaired) electrons. The average molecular weight is 398 g/mol. The standard InChI is InChI=1S/C25H39N3O/c1-23(2)20-7-10-25(29-23,15-21(20)26)19-12-18(11-17-5-6-22(27)28-16-17)13-24(14-19)8-3-4-9-24/h5-6,16,18-21H,3-4,7-15,26H2,1-2H3,(H2,27,28). The highest BCUT2D eigenvalue weighted by Crippen LogP contribution is 2.60. The summed E-state index contributed by atoms with van der Waals surface area (Å²) in [6, 6.07) is 4.42. The smallest absolute Gasteiger partial charge is 0.123 e. The lowest BCUT2D eigenvalue weighted by molar-refractivity contribution is -0.273. The zero-order valence-electron chi connectivity index (χ0n) is 18.3. The lowest BCUT2D eigenvalue weighted by Crippen LogP contribution is -2.66. The van der Waals surface area contributed by atoms with Crippen LogP contribution in [0.5, 0.6) is 0 Å². The normalized spacial score (nSPS) is 40.4. The minimum absolute atomic E-state index is 0.00525. The van der Waals surface area contributed by atoms with Crippen LogP contribution in [0.15, 0.2) is 18.3 Å². The number of hydrogen-bond donors (Lipinski definition) is 2. The molecule has 1 aromatic rings. The maximum absolute atomic E-state index is 6.98. The first-order valence-corrected chi connectivity index (χ1v) is 12.0. The fraction of sp³-hybridized carbons (Fsp3) is 0.800. The number of nitrogen functional groups attached to an aromatic ring is 1. The van der Waals surface area contributed by atoms with Crippen molar-refractivity contribution >= 4 is 5.82 Å². The van der Waals surface area contributed by atoms with Crippen molar-refractivity contribution in [1.29, 1.82) is 0 Å². The second-order valence-corrected chi connectivity index (χ2v) is 11.5. The molecule has 5 atom stereocenters. The van der Waals surface area contributed by atoms with E-state index in [1.807, 2.05) is 12.3 Å². The number of fused-ring (bicyclic) bond motifs is 3. The van der Waals surface area contributed by atoms with E-state index in [9.17, 15) is 0 Å². The van der Waals surface area contributed by atoms with Crippen LogP contribution < -0.4 is 11.5 Å². The summed E-state index contributed by atoms with van der Waals surface area (Å²) in [6.45, 7) is 4.58. The number of hydrogen-bond acceptors (Lipinski definition) is 4. The molecule has 3 aliphatic carbocycles. The number of nitrogens with zero attached hydrogens (tertiary/aromatic N) is 1. The zero-order valence-corrected chi connectivity index (χ0v) is 18.3. The van der Waals surface area contributed by atoms with Gasteiger partial charge in [-0.1, -0.05) is 18.9 Å². The summed E-state index contributed by atoms with van der Waals surface area (Å²) in [4.78, 5) is 4.34. The molecule has 3 heterocycles. The molecule has 29 heavy (non-hydrogen) atoms. The van der Waals surface area contributed by atoms with E-state index in [0.29, 0.717) is 35.0 Å². The molecule has 5 fully saturated rings. The Morgan fingerprint density at radius 2 is 1.90 bits per heavy atom. The monoisotopic (exact) mass is 397 g/mol. The van der Waals surface area contributed by atoms with E-state index in [0.717, 1.165) is 12.8 Å². The minimum Gasteiger partial charge on any atom is -0.384 e. The predicted molar refractivity (Wildman–Crippen MR) is 117 cm³/mol. The molecule has 1 spiro atoms. The Balaban J connectivity index is 1.42. The van der Waals surface area contributed by atoms with E-state index in [1.54, 1.807) is 0 Å². The van der Waals surface area contributed by atoms with Crippen molar-refractivity contribution in [2.24, 2.45) is 28.9 Å². The Morgan fingerprint density at radius 1 is 1.10 bits per heavy atom. The van der Waals surface area contributed by atoms with Gasteiger partial charge in [-0.15, -0.1) is 0 Å². The Morgan fingerprint density at radius 3 is 2.55 bits per heavy atom. The number of anilines is 1. The summed E-state index contributed by atoms with van der Waals surface area (Å²) in [5.41, 5.74) is 14.3. The van der Waals surface area contributed by atoms with Crippen LogP contribution in [0.3, 0.4) is 0 Å². The molecular weight excluding hydrogens is 358 g/mol. The summed E-state index contributed by atoms with van der Waals surface area (Å²) in [5, 5.41) is 0. The third-order valence-electron chi connectivity index (χ3n) is 9.14. The zero-order chi connectivity index (χ0) is 20.3. The van der Waals surface area contributed by atoms with Crippen molar-refractivity contribution in [2.45, 2.75) is 102 Å². The van der Waals surface area contributed by atoms with Crippen LogP contribution in [0.25, 0.3) is 0 Å². The van der Waals surface area contributed by atoms with E-state index in [2.05, 4.69) is 24.9 Å². The van der Waals surface area contributed by atoms with E-state index in [4.69, 9.17) is 16.2 Å². The van der Waals surface area contributed by atoms with Crippen molar-refractivity contribution in [3.05, 3.63) is 23.9 Å². The molecule has 2 bridgehead atoms. The largest absolute Gasteiger partial charge is 0.384 e. The van der Waals surface area contributed by atoms with E-state index >= 15 is 0 Å². The lowest BCUT2D eigenvalue weighted by atomic mass is 9.54. The number of aromatic nitrogens is 1. The van der Waals surface area contributed by atoms with Crippen LogP contribution in [0.2, 0.25) is 0 Å². The minimum atomic E-state index is -0.0768.